The number of alkyl halides is 3. The molecular formula is C14H17F3N2O2. The van der Waals surface area contributed by atoms with Crippen molar-refractivity contribution in [2.75, 3.05) is 18.0 Å². The Hall–Kier alpha value is -1.76. The van der Waals surface area contributed by atoms with Gasteiger partial charge in [-0.1, -0.05) is 6.92 Å². The molecule has 0 aliphatic carbocycles. The van der Waals surface area contributed by atoms with Crippen LogP contribution in [0.1, 0.15) is 19.8 Å². The van der Waals surface area contributed by atoms with Crippen molar-refractivity contribution in [3.8, 4) is 5.75 Å². The van der Waals surface area contributed by atoms with E-state index >= 15 is 0 Å². The van der Waals surface area contributed by atoms with Crippen LogP contribution in [0.25, 0.3) is 0 Å². The number of rotatable bonds is 4. The van der Waals surface area contributed by atoms with Gasteiger partial charge < -0.3 is 15.0 Å². The van der Waals surface area contributed by atoms with Crippen LogP contribution in [0.3, 0.4) is 0 Å². The number of likely N-dealkylation sites (N-methyl/N-ethyl adjacent to an activating group) is 1. The molecule has 0 radical (unpaired) electrons. The Morgan fingerprint density at radius 1 is 1.33 bits per heavy atom. The summed E-state index contributed by atoms with van der Waals surface area (Å²) in [6.07, 6.45) is -3.08. The van der Waals surface area contributed by atoms with Crippen LogP contribution in [0.2, 0.25) is 0 Å². The van der Waals surface area contributed by atoms with Gasteiger partial charge in [0.15, 0.2) is 0 Å². The number of ether oxygens (including phenoxy) is 1. The Labute approximate surface area is 120 Å². The van der Waals surface area contributed by atoms with E-state index in [9.17, 15) is 18.0 Å². The lowest BCUT2D eigenvalue weighted by molar-refractivity contribution is -0.274. The zero-order chi connectivity index (χ0) is 15.5. The summed E-state index contributed by atoms with van der Waals surface area (Å²) < 4.78 is 40.1. The minimum absolute atomic E-state index is 0.0485. The molecule has 1 aromatic carbocycles. The third kappa shape index (κ3) is 4.10. The summed E-state index contributed by atoms with van der Waals surface area (Å²) in [4.78, 5) is 13.9. The van der Waals surface area contributed by atoms with Crippen molar-refractivity contribution in [2.24, 2.45) is 0 Å². The minimum Gasteiger partial charge on any atom is -0.406 e. The second-order valence-electron chi connectivity index (χ2n) is 4.78. The molecule has 1 aliphatic rings. The summed E-state index contributed by atoms with van der Waals surface area (Å²) >= 11 is 0. The molecular weight excluding hydrogens is 285 g/mol. The normalized spacial score (nSPS) is 19.7. The smallest absolute Gasteiger partial charge is 0.406 e. The first kappa shape index (κ1) is 15.6. The SMILES string of the molecule is CCNC1CCCN(c2ccc(OC(F)(F)F)cc2)C1=O. The van der Waals surface area contributed by atoms with Gasteiger partial charge >= 0.3 is 6.36 Å². The van der Waals surface area contributed by atoms with Gasteiger partial charge in [-0.15, -0.1) is 13.2 Å². The van der Waals surface area contributed by atoms with Crippen LogP contribution < -0.4 is 15.0 Å². The van der Waals surface area contributed by atoms with E-state index in [0.29, 0.717) is 18.8 Å². The van der Waals surface area contributed by atoms with Gasteiger partial charge in [-0.3, -0.25) is 4.79 Å². The standard InChI is InChI=1S/C14H17F3N2O2/c1-2-18-12-4-3-9-19(13(12)20)10-5-7-11(8-6-10)21-14(15,16)17/h5-8,12,18H,2-4,9H2,1H3. The van der Waals surface area contributed by atoms with E-state index < -0.39 is 6.36 Å². The molecule has 1 amide bonds. The number of amides is 1. The van der Waals surface area contributed by atoms with Crippen LogP contribution in [0, 0.1) is 0 Å². The highest BCUT2D eigenvalue weighted by Gasteiger charge is 2.32. The summed E-state index contributed by atoms with van der Waals surface area (Å²) in [5.41, 5.74) is 0.581. The van der Waals surface area contributed by atoms with Crippen molar-refractivity contribution in [2.45, 2.75) is 32.2 Å². The third-order valence-electron chi connectivity index (χ3n) is 3.27. The average Bonchev–Trinajstić information content (AvgIpc) is 2.41. The fraction of sp³-hybridized carbons (Fsp3) is 0.500. The monoisotopic (exact) mass is 302 g/mol. The molecule has 0 aromatic heterocycles. The van der Waals surface area contributed by atoms with Crippen LogP contribution in [-0.2, 0) is 4.79 Å². The molecule has 1 fully saturated rings. The molecule has 1 saturated heterocycles. The number of benzene rings is 1. The summed E-state index contributed by atoms with van der Waals surface area (Å²) in [6, 6.07) is 5.13. The highest BCUT2D eigenvalue weighted by molar-refractivity contribution is 5.97. The number of nitrogens with one attached hydrogen (secondary N) is 1. The van der Waals surface area contributed by atoms with Gasteiger partial charge in [0.1, 0.15) is 5.75 Å². The number of carbonyl (C=O) groups excluding carboxylic acids is 1. The molecule has 21 heavy (non-hydrogen) atoms. The van der Waals surface area contributed by atoms with Gasteiger partial charge in [-0.25, -0.2) is 0 Å². The van der Waals surface area contributed by atoms with Gasteiger partial charge in [0.25, 0.3) is 0 Å². The van der Waals surface area contributed by atoms with E-state index in [1.165, 1.54) is 24.3 Å². The predicted molar refractivity (Wildman–Crippen MR) is 72.2 cm³/mol. The second kappa shape index (κ2) is 6.34. The van der Waals surface area contributed by atoms with Crippen LogP contribution in [0.4, 0.5) is 18.9 Å². The lowest BCUT2D eigenvalue weighted by atomic mass is 10.0. The van der Waals surface area contributed by atoms with Crippen molar-refractivity contribution in [3.63, 3.8) is 0 Å². The third-order valence-corrected chi connectivity index (χ3v) is 3.27. The molecule has 1 aromatic rings. The number of hydrogen-bond donors (Lipinski definition) is 1. The molecule has 7 heteroatoms. The van der Waals surface area contributed by atoms with E-state index in [1.807, 2.05) is 6.92 Å². The first-order valence-electron chi connectivity index (χ1n) is 6.81. The second-order valence-corrected chi connectivity index (χ2v) is 4.78. The summed E-state index contributed by atoms with van der Waals surface area (Å²) in [6.45, 7) is 3.19. The Bertz CT molecular complexity index is 486. The van der Waals surface area contributed by atoms with Crippen molar-refractivity contribution >= 4 is 11.6 Å². The number of anilines is 1. The zero-order valence-corrected chi connectivity index (χ0v) is 11.6. The summed E-state index contributed by atoms with van der Waals surface area (Å²) in [5.74, 6) is -0.341. The lowest BCUT2D eigenvalue weighted by Gasteiger charge is -2.32. The first-order valence-corrected chi connectivity index (χ1v) is 6.81. The Morgan fingerprint density at radius 3 is 2.57 bits per heavy atom. The average molecular weight is 302 g/mol. The molecule has 1 atom stereocenters. The van der Waals surface area contributed by atoms with Gasteiger partial charge in [0, 0.05) is 12.2 Å². The van der Waals surface area contributed by atoms with E-state index in [1.54, 1.807) is 4.90 Å². The quantitative estimate of drug-likeness (QED) is 0.930. The molecule has 116 valence electrons. The van der Waals surface area contributed by atoms with Crippen LogP contribution in [0.15, 0.2) is 24.3 Å². The molecule has 4 nitrogen and oxygen atoms in total. The van der Waals surface area contributed by atoms with Crippen molar-refractivity contribution in [3.05, 3.63) is 24.3 Å². The Morgan fingerprint density at radius 2 is 2.00 bits per heavy atom. The molecule has 0 saturated carbocycles. The highest BCUT2D eigenvalue weighted by Crippen LogP contribution is 2.27. The number of carbonyl (C=O) groups is 1. The van der Waals surface area contributed by atoms with Gasteiger partial charge in [0.2, 0.25) is 5.91 Å². The highest BCUT2D eigenvalue weighted by atomic mass is 19.4. The molecule has 1 heterocycles. The molecule has 0 bridgehead atoms. The predicted octanol–water partition coefficient (Wildman–Crippen LogP) is 2.69. The molecule has 1 N–H and O–H groups in total. The number of piperidine rings is 1. The number of nitrogens with zero attached hydrogens (tertiary/aromatic N) is 1. The molecule has 2 rings (SSSR count). The van der Waals surface area contributed by atoms with Crippen molar-refractivity contribution in [1.82, 2.24) is 5.32 Å². The summed E-state index contributed by atoms with van der Waals surface area (Å²) in [5, 5.41) is 3.11. The number of halogens is 3. The van der Waals surface area contributed by atoms with E-state index in [0.717, 1.165) is 12.8 Å². The van der Waals surface area contributed by atoms with Gasteiger partial charge in [-0.2, -0.15) is 0 Å². The van der Waals surface area contributed by atoms with E-state index in [2.05, 4.69) is 10.1 Å². The van der Waals surface area contributed by atoms with E-state index in [-0.39, 0.29) is 17.7 Å². The van der Waals surface area contributed by atoms with Crippen molar-refractivity contribution < 1.29 is 22.7 Å². The fourth-order valence-corrected chi connectivity index (χ4v) is 2.40. The van der Waals surface area contributed by atoms with Crippen LogP contribution >= 0.6 is 0 Å². The fourth-order valence-electron chi connectivity index (χ4n) is 2.40. The van der Waals surface area contributed by atoms with Crippen LogP contribution in [-0.4, -0.2) is 31.4 Å². The van der Waals surface area contributed by atoms with Crippen molar-refractivity contribution in [1.29, 1.82) is 0 Å². The molecule has 1 unspecified atom stereocenters. The summed E-state index contributed by atoms with van der Waals surface area (Å²) in [7, 11) is 0. The first-order chi connectivity index (χ1) is 9.90. The molecule has 1 aliphatic heterocycles. The largest absolute Gasteiger partial charge is 0.573 e. The zero-order valence-electron chi connectivity index (χ0n) is 11.6. The van der Waals surface area contributed by atoms with Gasteiger partial charge in [0.05, 0.1) is 6.04 Å². The van der Waals surface area contributed by atoms with E-state index in [4.69, 9.17) is 0 Å². The minimum atomic E-state index is -4.71. The molecule has 0 spiro atoms. The Balaban J connectivity index is 2.09. The topological polar surface area (TPSA) is 41.6 Å². The maximum absolute atomic E-state index is 12.3. The van der Waals surface area contributed by atoms with Crippen LogP contribution in [0.5, 0.6) is 5.75 Å². The number of hydrogen-bond acceptors (Lipinski definition) is 3. The lowest BCUT2D eigenvalue weighted by Crippen LogP contribution is -2.50. The maximum Gasteiger partial charge on any atom is 0.573 e. The maximum atomic E-state index is 12.3. The van der Waals surface area contributed by atoms with Gasteiger partial charge in [-0.05, 0) is 43.7 Å². The Kier molecular flexibility index (Phi) is 4.72.